The van der Waals surface area contributed by atoms with Gasteiger partial charge in [-0.1, -0.05) is 6.92 Å². The van der Waals surface area contributed by atoms with Gasteiger partial charge in [0.2, 0.25) is 11.9 Å². The Kier molecular flexibility index (Phi) is 5.31. The molecule has 0 aromatic carbocycles. The van der Waals surface area contributed by atoms with E-state index in [1.165, 1.54) is 19.4 Å². The van der Waals surface area contributed by atoms with Crippen LogP contribution in [0.25, 0.3) is 0 Å². The van der Waals surface area contributed by atoms with Crippen molar-refractivity contribution in [1.82, 2.24) is 19.9 Å². The van der Waals surface area contributed by atoms with E-state index in [0.717, 1.165) is 13.1 Å². The quantitative estimate of drug-likeness (QED) is 0.489. The number of nitrogens with two attached hydrogens (primary N) is 1. The topological polar surface area (TPSA) is 101 Å². The highest BCUT2D eigenvalue weighted by Gasteiger charge is 2.22. The van der Waals surface area contributed by atoms with Crippen LogP contribution in [0.5, 0.6) is 6.01 Å². The summed E-state index contributed by atoms with van der Waals surface area (Å²) in [6.45, 7) is 7.62. The molecule has 112 valence electrons. The van der Waals surface area contributed by atoms with E-state index in [-0.39, 0.29) is 6.01 Å². The summed E-state index contributed by atoms with van der Waals surface area (Å²) < 4.78 is 5.29. The molecular formula is C12H23N7O. The van der Waals surface area contributed by atoms with Crippen LogP contribution >= 0.6 is 0 Å². The van der Waals surface area contributed by atoms with Crippen LogP contribution in [-0.2, 0) is 0 Å². The summed E-state index contributed by atoms with van der Waals surface area (Å²) in [5.41, 5.74) is 2.42. The molecule has 0 amide bonds. The first-order valence-corrected chi connectivity index (χ1v) is 7.10. The van der Waals surface area contributed by atoms with Gasteiger partial charge in [0.05, 0.1) is 6.61 Å². The van der Waals surface area contributed by atoms with Gasteiger partial charge < -0.3 is 10.1 Å². The highest BCUT2D eigenvalue weighted by atomic mass is 16.5. The number of likely N-dealkylation sites (N-methyl/N-ethyl adjacent to an activating group) is 1. The first kappa shape index (κ1) is 14.7. The second-order valence-electron chi connectivity index (χ2n) is 4.65. The van der Waals surface area contributed by atoms with E-state index in [1.54, 1.807) is 0 Å². The molecule has 1 aliphatic rings. The van der Waals surface area contributed by atoms with Crippen LogP contribution in [0.2, 0.25) is 0 Å². The number of hydrogen-bond acceptors (Lipinski definition) is 8. The van der Waals surface area contributed by atoms with E-state index >= 15 is 0 Å². The van der Waals surface area contributed by atoms with Gasteiger partial charge in [0.15, 0.2) is 0 Å². The van der Waals surface area contributed by atoms with E-state index in [1.807, 2.05) is 6.92 Å². The van der Waals surface area contributed by atoms with Crippen LogP contribution in [0, 0.1) is 0 Å². The van der Waals surface area contributed by atoms with Crippen LogP contribution < -0.4 is 21.3 Å². The fourth-order valence-corrected chi connectivity index (χ4v) is 2.45. The van der Waals surface area contributed by atoms with Gasteiger partial charge in [0.25, 0.3) is 0 Å². The van der Waals surface area contributed by atoms with Crippen LogP contribution in [0.4, 0.5) is 11.9 Å². The van der Waals surface area contributed by atoms with Crippen molar-refractivity contribution in [3.8, 4) is 6.01 Å². The summed E-state index contributed by atoms with van der Waals surface area (Å²) in [5.74, 6) is 6.13. The first-order valence-electron chi connectivity index (χ1n) is 7.10. The molecule has 0 saturated carbocycles. The lowest BCUT2D eigenvalue weighted by atomic mass is 10.2. The van der Waals surface area contributed by atoms with Crippen molar-refractivity contribution in [3.05, 3.63) is 0 Å². The number of likely N-dealkylation sites (tertiary alicyclic amines) is 1. The maximum atomic E-state index is 5.35. The molecule has 2 rings (SSSR count). The van der Waals surface area contributed by atoms with Crippen molar-refractivity contribution in [2.75, 3.05) is 37.0 Å². The molecule has 8 heteroatoms. The lowest BCUT2D eigenvalue weighted by Crippen LogP contribution is -2.35. The molecule has 1 unspecified atom stereocenters. The molecule has 0 aliphatic carbocycles. The molecule has 1 aromatic rings. The van der Waals surface area contributed by atoms with Gasteiger partial charge in [-0.3, -0.25) is 10.3 Å². The molecule has 0 radical (unpaired) electrons. The number of hydrazine groups is 1. The number of ether oxygens (including phenoxy) is 1. The summed E-state index contributed by atoms with van der Waals surface area (Å²) in [6, 6.07) is 0.804. The third kappa shape index (κ3) is 3.67. The highest BCUT2D eigenvalue weighted by Crippen LogP contribution is 2.17. The van der Waals surface area contributed by atoms with Gasteiger partial charge in [0.1, 0.15) is 0 Å². The summed E-state index contributed by atoms with van der Waals surface area (Å²) >= 11 is 0. The Morgan fingerprint density at radius 1 is 1.30 bits per heavy atom. The Bertz CT molecular complexity index is 428. The average Bonchev–Trinajstić information content (AvgIpc) is 2.92. The van der Waals surface area contributed by atoms with Gasteiger partial charge in [-0.05, 0) is 32.9 Å². The third-order valence-electron chi connectivity index (χ3n) is 3.42. The first-order chi connectivity index (χ1) is 9.76. The SMILES string of the molecule is CCOc1nc(NN)nc(NCC2CCCN2CC)n1. The summed E-state index contributed by atoms with van der Waals surface area (Å²) in [6.07, 6.45) is 2.45. The zero-order valence-electron chi connectivity index (χ0n) is 12.1. The van der Waals surface area contributed by atoms with Gasteiger partial charge in [-0.2, -0.15) is 15.0 Å². The maximum Gasteiger partial charge on any atom is 0.323 e. The molecule has 1 atom stereocenters. The Morgan fingerprint density at radius 3 is 2.80 bits per heavy atom. The van der Waals surface area contributed by atoms with E-state index in [9.17, 15) is 0 Å². The summed E-state index contributed by atoms with van der Waals surface area (Å²) in [5, 5.41) is 3.24. The summed E-state index contributed by atoms with van der Waals surface area (Å²) in [7, 11) is 0. The van der Waals surface area contributed by atoms with E-state index in [0.29, 0.717) is 24.5 Å². The minimum atomic E-state index is 0.275. The minimum Gasteiger partial charge on any atom is -0.464 e. The summed E-state index contributed by atoms with van der Waals surface area (Å²) in [4.78, 5) is 14.9. The Labute approximate surface area is 119 Å². The Morgan fingerprint density at radius 2 is 2.10 bits per heavy atom. The smallest absolute Gasteiger partial charge is 0.323 e. The van der Waals surface area contributed by atoms with Crippen LogP contribution in [0.1, 0.15) is 26.7 Å². The third-order valence-corrected chi connectivity index (χ3v) is 3.42. The average molecular weight is 281 g/mol. The Balaban J connectivity index is 1.99. The van der Waals surface area contributed by atoms with Crippen LogP contribution in [0.15, 0.2) is 0 Å². The lowest BCUT2D eigenvalue weighted by molar-refractivity contribution is 0.276. The minimum absolute atomic E-state index is 0.275. The van der Waals surface area contributed by atoms with E-state index in [4.69, 9.17) is 10.6 Å². The number of hydrogen-bond donors (Lipinski definition) is 3. The second kappa shape index (κ2) is 7.20. The van der Waals surface area contributed by atoms with Crippen molar-refractivity contribution in [2.24, 2.45) is 5.84 Å². The fraction of sp³-hybridized carbons (Fsp3) is 0.750. The van der Waals surface area contributed by atoms with E-state index < -0.39 is 0 Å². The van der Waals surface area contributed by atoms with Crippen LogP contribution in [0.3, 0.4) is 0 Å². The molecule has 2 heterocycles. The van der Waals surface area contributed by atoms with Gasteiger partial charge in [-0.25, -0.2) is 5.84 Å². The lowest BCUT2D eigenvalue weighted by Gasteiger charge is -2.22. The number of nitrogens with one attached hydrogen (secondary N) is 2. The Hall–Kier alpha value is -1.67. The highest BCUT2D eigenvalue weighted by molar-refractivity contribution is 5.35. The van der Waals surface area contributed by atoms with Crippen molar-refractivity contribution in [2.45, 2.75) is 32.7 Å². The molecule has 0 bridgehead atoms. The molecule has 1 aromatic heterocycles. The number of rotatable bonds is 7. The van der Waals surface area contributed by atoms with Gasteiger partial charge in [-0.15, -0.1) is 0 Å². The van der Waals surface area contributed by atoms with Crippen molar-refractivity contribution in [3.63, 3.8) is 0 Å². The number of nitrogens with zero attached hydrogens (tertiary/aromatic N) is 4. The zero-order valence-corrected chi connectivity index (χ0v) is 12.1. The number of anilines is 2. The second-order valence-corrected chi connectivity index (χ2v) is 4.65. The normalized spacial score (nSPS) is 19.1. The molecule has 1 saturated heterocycles. The largest absolute Gasteiger partial charge is 0.464 e. The predicted octanol–water partition coefficient (Wildman–Crippen LogP) is 0.452. The standard InChI is InChI=1S/C12H23N7O/c1-3-19-7-5-6-9(19)8-14-10-15-11(18-13)17-12(16-10)20-4-2/h9H,3-8,13H2,1-2H3,(H2,14,15,16,17,18). The molecule has 0 spiro atoms. The number of aromatic nitrogens is 3. The molecule has 1 aliphatic heterocycles. The van der Waals surface area contributed by atoms with Crippen molar-refractivity contribution < 1.29 is 4.74 Å². The molecular weight excluding hydrogens is 258 g/mol. The molecule has 1 fully saturated rings. The van der Waals surface area contributed by atoms with Gasteiger partial charge >= 0.3 is 6.01 Å². The molecule has 8 nitrogen and oxygen atoms in total. The van der Waals surface area contributed by atoms with E-state index in [2.05, 4.69) is 37.5 Å². The number of nitrogen functional groups attached to an aromatic ring is 1. The monoisotopic (exact) mass is 281 g/mol. The zero-order chi connectivity index (χ0) is 14.4. The maximum absolute atomic E-state index is 5.35. The van der Waals surface area contributed by atoms with Crippen molar-refractivity contribution in [1.29, 1.82) is 0 Å². The van der Waals surface area contributed by atoms with Gasteiger partial charge in [0, 0.05) is 12.6 Å². The van der Waals surface area contributed by atoms with Crippen LogP contribution in [-0.4, -0.2) is 52.1 Å². The predicted molar refractivity (Wildman–Crippen MR) is 77.6 cm³/mol. The van der Waals surface area contributed by atoms with Crippen molar-refractivity contribution >= 4 is 11.9 Å². The fourth-order valence-electron chi connectivity index (χ4n) is 2.45. The molecule has 4 N–H and O–H groups in total. The molecule has 20 heavy (non-hydrogen) atoms.